The van der Waals surface area contributed by atoms with Gasteiger partial charge >= 0.3 is 51.4 Å². The van der Waals surface area contributed by atoms with E-state index in [9.17, 15) is 0 Å². The van der Waals surface area contributed by atoms with Crippen molar-refractivity contribution in [3.63, 3.8) is 0 Å². The fourth-order valence-electron chi connectivity index (χ4n) is 0. The maximum atomic E-state index is 7.18. The molecule has 0 aliphatic rings. The number of hydrogen-bond donors (Lipinski definition) is 4. The van der Waals surface area contributed by atoms with Gasteiger partial charge in [0, 0.05) is 0 Å². The summed E-state index contributed by atoms with van der Waals surface area (Å²) in [6, 6.07) is 0. The summed E-state index contributed by atoms with van der Waals surface area (Å²) < 4.78 is 0. The molecule has 0 rings (SSSR count). The molecule has 0 aliphatic heterocycles. The zero-order chi connectivity index (χ0) is 6.28. The number of guanidine groups is 1. The Hall–Kier alpha value is 1.04. The zero-order valence-electron chi connectivity index (χ0n) is 3.96. The van der Waals surface area contributed by atoms with E-state index in [0.29, 0.717) is 0 Å². The molecule has 0 heterocycles. The molecule has 50 valence electrons. The quantitative estimate of drug-likeness (QED) is 0.131. The van der Waals surface area contributed by atoms with Crippen molar-refractivity contribution in [1.82, 2.24) is 0 Å². The van der Waals surface area contributed by atoms with Crippen LogP contribution >= 0.6 is 25.0 Å². The van der Waals surface area contributed by atoms with E-state index in [1.165, 1.54) is 5.40 Å². The molecule has 7 heteroatoms. The topological polar surface area (TPSA) is 99.7 Å². The van der Waals surface area contributed by atoms with Gasteiger partial charge < -0.3 is 11.5 Å². The van der Waals surface area contributed by atoms with Gasteiger partial charge in [-0.15, -0.1) is 12.4 Å². The van der Waals surface area contributed by atoms with Crippen molar-refractivity contribution in [1.29, 1.82) is 10.7 Å². The van der Waals surface area contributed by atoms with Gasteiger partial charge in [0.05, 0.1) is 0 Å². The predicted molar refractivity (Wildman–Crippen MR) is 45.1 cm³/mol. The fraction of sp³-hybridized carbons (Fsp3) is 0. The first-order valence-electron chi connectivity index (χ1n) is 1.27. The fourth-order valence-corrected chi connectivity index (χ4v) is 0. The van der Waals surface area contributed by atoms with E-state index >= 15 is 0 Å². The number of nitrogens with zero attached hydrogens (tertiary/aromatic N) is 1. The van der Waals surface area contributed by atoms with Crippen molar-refractivity contribution in [2.24, 2.45) is 11.5 Å². The third kappa shape index (κ3) is 417. The number of rotatable bonds is 0. The van der Waals surface area contributed by atoms with Crippen LogP contribution in [0.1, 0.15) is 0 Å². The Morgan fingerprint density at radius 1 is 1.56 bits per heavy atom. The minimum atomic E-state index is -0.333. The van der Waals surface area contributed by atoms with Crippen LogP contribution in [0.3, 0.4) is 0 Å². The van der Waals surface area contributed by atoms with E-state index in [0.717, 1.165) is 0 Å². The Balaban J connectivity index is -0.0000000233. The molecule has 0 atom stereocenters. The molecule has 0 aliphatic carbocycles. The van der Waals surface area contributed by atoms with E-state index in [4.69, 9.17) is 10.7 Å². The molecule has 0 saturated heterocycles. The Bertz CT molecular complexity index is 87.1. The summed E-state index contributed by atoms with van der Waals surface area (Å²) >= 11 is 3.09. The summed E-state index contributed by atoms with van der Waals surface area (Å²) in [6.07, 6.45) is 0. The van der Waals surface area contributed by atoms with Crippen LogP contribution in [0.15, 0.2) is 0 Å². The molecule has 0 aromatic rings. The first kappa shape index (κ1) is 22.5. The Morgan fingerprint density at radius 2 is 1.56 bits per heavy atom. The van der Waals surface area contributed by atoms with E-state index in [-0.39, 0.29) is 69.8 Å². The molecule has 0 fully saturated rings. The van der Waals surface area contributed by atoms with Gasteiger partial charge in [0.2, 0.25) is 0 Å². The molecule has 0 aromatic heterocycles. The van der Waals surface area contributed by atoms with Crippen LogP contribution in [-0.2, 0) is 0 Å². The number of thiocyanates is 1. The van der Waals surface area contributed by atoms with Crippen LogP contribution in [0.25, 0.3) is 0 Å². The van der Waals surface area contributed by atoms with Crippen LogP contribution < -0.4 is 11.5 Å². The van der Waals surface area contributed by atoms with Crippen LogP contribution in [0.2, 0.25) is 0 Å². The van der Waals surface area contributed by atoms with E-state index in [2.05, 4.69) is 24.1 Å². The van der Waals surface area contributed by atoms with Gasteiger partial charge in [0.1, 0.15) is 5.40 Å². The van der Waals surface area contributed by atoms with E-state index in [1.807, 2.05) is 0 Å². The van der Waals surface area contributed by atoms with Crippen LogP contribution in [0, 0.1) is 16.1 Å². The molecule has 0 saturated carbocycles. The van der Waals surface area contributed by atoms with Crippen molar-refractivity contribution in [2.75, 3.05) is 0 Å². The summed E-state index contributed by atoms with van der Waals surface area (Å²) in [5.74, 6) is -0.333. The molecule has 0 spiro atoms. The second-order valence-electron chi connectivity index (χ2n) is 0.555. The summed E-state index contributed by atoms with van der Waals surface area (Å²) in [5.41, 5.74) is 8.94. The van der Waals surface area contributed by atoms with Crippen LogP contribution in [-0.4, -0.2) is 57.3 Å². The molecule has 5 N–H and O–H groups in total. The standard InChI is InChI=1S/CH5N3.CHNS.ClH.K.H/c2-1(3)4;2-1-3;;;/h(H5,2,3,4);3H;1H;;. The summed E-state index contributed by atoms with van der Waals surface area (Å²) in [4.78, 5) is 0. The van der Waals surface area contributed by atoms with Crippen molar-refractivity contribution in [3.8, 4) is 5.40 Å². The maximum absolute atomic E-state index is 7.18. The van der Waals surface area contributed by atoms with Crippen molar-refractivity contribution in [3.05, 3.63) is 0 Å². The van der Waals surface area contributed by atoms with Gasteiger partial charge in [-0.3, -0.25) is 5.41 Å². The molecule has 0 unspecified atom stereocenters. The van der Waals surface area contributed by atoms with Gasteiger partial charge in [-0.2, -0.15) is 5.26 Å². The van der Waals surface area contributed by atoms with Crippen molar-refractivity contribution >= 4 is 82.4 Å². The first-order valence-corrected chi connectivity index (χ1v) is 1.72. The monoisotopic (exact) mass is 194 g/mol. The second kappa shape index (κ2) is 23.0. The normalized spacial score (nSPS) is 3.56. The van der Waals surface area contributed by atoms with Gasteiger partial charge in [0.15, 0.2) is 5.96 Å². The molecular formula is C2H8ClKN4S. The second-order valence-corrected chi connectivity index (χ2v) is 0.755. The molecule has 0 amide bonds. The third-order valence-corrected chi connectivity index (χ3v) is 0. The van der Waals surface area contributed by atoms with Crippen LogP contribution in [0.5, 0.6) is 0 Å². The number of nitrogens with two attached hydrogens (primary N) is 2. The molecule has 4 nitrogen and oxygen atoms in total. The van der Waals surface area contributed by atoms with Gasteiger partial charge in [0.25, 0.3) is 0 Å². The number of hydrogen-bond acceptors (Lipinski definition) is 3. The Kier molecular flexibility index (Phi) is 57.5. The average molecular weight is 195 g/mol. The minimum absolute atomic E-state index is 0. The summed E-state index contributed by atoms with van der Waals surface area (Å²) in [6.45, 7) is 0. The third-order valence-electron chi connectivity index (χ3n) is 0. The number of thiol groups is 1. The Labute approximate surface area is 108 Å². The van der Waals surface area contributed by atoms with Crippen molar-refractivity contribution in [2.45, 2.75) is 0 Å². The van der Waals surface area contributed by atoms with E-state index < -0.39 is 0 Å². The summed E-state index contributed by atoms with van der Waals surface area (Å²) in [5, 5.41) is 14.7. The molecule has 9 heavy (non-hydrogen) atoms. The Morgan fingerprint density at radius 3 is 1.56 bits per heavy atom. The number of nitrogens with one attached hydrogen (secondary N) is 1. The number of halogens is 1. The number of nitriles is 1. The van der Waals surface area contributed by atoms with Gasteiger partial charge in [-0.05, 0) is 0 Å². The predicted octanol–water partition coefficient (Wildman–Crippen LogP) is -0.991. The van der Waals surface area contributed by atoms with Crippen molar-refractivity contribution < 1.29 is 0 Å². The zero-order valence-corrected chi connectivity index (χ0v) is 5.67. The SMILES string of the molecule is Cl.N#CS.N=C(N)N.[KH]. The molecule has 0 radical (unpaired) electrons. The first-order chi connectivity index (χ1) is 3.15. The molecule has 0 aromatic carbocycles. The molecular weight excluding hydrogens is 187 g/mol. The van der Waals surface area contributed by atoms with Crippen LogP contribution in [0.4, 0.5) is 0 Å². The van der Waals surface area contributed by atoms with Gasteiger partial charge in [-0.1, -0.05) is 12.6 Å². The molecule has 0 bridgehead atoms. The summed E-state index contributed by atoms with van der Waals surface area (Å²) in [7, 11) is 0. The van der Waals surface area contributed by atoms with Gasteiger partial charge in [-0.25, -0.2) is 0 Å². The van der Waals surface area contributed by atoms with E-state index in [1.54, 1.807) is 0 Å². The average Bonchev–Trinajstić information content (AvgIpc) is 1.33.